The van der Waals surface area contributed by atoms with Crippen LogP contribution in [0.15, 0.2) is 72.4 Å². The molecule has 1 atom stereocenters. The molecule has 4 heterocycles. The Bertz CT molecular complexity index is 1430. The number of H-pyrrole nitrogens is 1. The first-order valence-electron chi connectivity index (χ1n) is 10.8. The Balaban J connectivity index is 1.48. The van der Waals surface area contributed by atoms with Crippen molar-refractivity contribution in [2.24, 2.45) is 0 Å². The van der Waals surface area contributed by atoms with Crippen LogP contribution in [0, 0.1) is 0 Å². The number of aromatic nitrogens is 3. The summed E-state index contributed by atoms with van der Waals surface area (Å²) in [6, 6.07) is 18.4. The molecule has 0 spiro atoms. The minimum atomic E-state index is 0.0160. The van der Waals surface area contributed by atoms with Crippen molar-refractivity contribution < 1.29 is 4.74 Å². The molecule has 33 heavy (non-hydrogen) atoms. The van der Waals surface area contributed by atoms with Gasteiger partial charge < -0.3 is 14.6 Å². The maximum absolute atomic E-state index is 6.34. The number of nitrogens with one attached hydrogen (secondary N) is 1. The molecule has 0 saturated heterocycles. The van der Waals surface area contributed by atoms with Gasteiger partial charge >= 0.3 is 0 Å². The zero-order chi connectivity index (χ0) is 22.4. The Hall–Kier alpha value is -3.35. The average molecular weight is 473 g/mol. The summed E-state index contributed by atoms with van der Waals surface area (Å²) in [7, 11) is 1.69. The van der Waals surface area contributed by atoms with Crippen LogP contribution in [0.5, 0.6) is 5.75 Å². The molecule has 2 aromatic carbocycles. The molecule has 0 amide bonds. The molecule has 0 radical (unpaired) electrons. The molecule has 0 bridgehead atoms. The fraction of sp³-hybridized carbons (Fsp3) is 0.154. The number of halogens is 1. The average Bonchev–Trinajstić information content (AvgIpc) is 3.49. The van der Waals surface area contributed by atoms with E-state index >= 15 is 0 Å². The van der Waals surface area contributed by atoms with Crippen LogP contribution in [0.4, 0.5) is 5.13 Å². The number of hydrogen-bond donors (Lipinski definition) is 1. The van der Waals surface area contributed by atoms with Gasteiger partial charge in [-0.15, -0.1) is 11.3 Å². The molecule has 1 N–H and O–H groups in total. The molecule has 0 saturated carbocycles. The summed E-state index contributed by atoms with van der Waals surface area (Å²) in [4.78, 5) is 15.2. The van der Waals surface area contributed by atoms with Gasteiger partial charge in [0.2, 0.25) is 0 Å². The van der Waals surface area contributed by atoms with E-state index in [1.807, 2.05) is 30.3 Å². The maximum Gasteiger partial charge on any atom is 0.186 e. The summed E-state index contributed by atoms with van der Waals surface area (Å²) in [6.07, 6.45) is 4.53. The normalized spacial score (nSPS) is 15.6. The van der Waals surface area contributed by atoms with E-state index in [1.54, 1.807) is 30.8 Å². The lowest BCUT2D eigenvalue weighted by Crippen LogP contribution is -2.36. The lowest BCUT2D eigenvalue weighted by Gasteiger charge is -2.36. The van der Waals surface area contributed by atoms with E-state index in [4.69, 9.17) is 21.3 Å². The van der Waals surface area contributed by atoms with E-state index in [-0.39, 0.29) is 6.04 Å². The standard InChI is InChI=1S/C26H21ClN4OS/c1-32-19-5-2-17(3-6-19)25-24-20(21-14-18(27)4-7-22(21)29-24)10-13-31(25)26-30-23(15-33-26)16-8-11-28-12-9-16/h2-9,11-12,14-15,25,29H,10,13H2,1H3. The number of fused-ring (bicyclic) bond motifs is 3. The zero-order valence-electron chi connectivity index (χ0n) is 18.0. The Morgan fingerprint density at radius 3 is 2.70 bits per heavy atom. The van der Waals surface area contributed by atoms with Crippen molar-refractivity contribution in [3.63, 3.8) is 0 Å². The third kappa shape index (κ3) is 3.56. The monoisotopic (exact) mass is 472 g/mol. The second-order valence-electron chi connectivity index (χ2n) is 8.08. The number of nitrogens with zero attached hydrogens (tertiary/aromatic N) is 3. The molecule has 0 aliphatic carbocycles. The van der Waals surface area contributed by atoms with Gasteiger partial charge in [0, 0.05) is 51.5 Å². The molecule has 6 rings (SSSR count). The Morgan fingerprint density at radius 2 is 1.91 bits per heavy atom. The van der Waals surface area contributed by atoms with Gasteiger partial charge in [-0.3, -0.25) is 4.98 Å². The van der Waals surface area contributed by atoms with Crippen LogP contribution in [0.3, 0.4) is 0 Å². The van der Waals surface area contributed by atoms with Crippen molar-refractivity contribution in [3.05, 3.63) is 94.2 Å². The van der Waals surface area contributed by atoms with Gasteiger partial charge in [-0.25, -0.2) is 4.98 Å². The largest absolute Gasteiger partial charge is 0.497 e. The van der Waals surface area contributed by atoms with Gasteiger partial charge in [0.25, 0.3) is 0 Å². The topological polar surface area (TPSA) is 54.0 Å². The lowest BCUT2D eigenvalue weighted by atomic mass is 9.92. The number of benzene rings is 2. The third-order valence-corrected chi connectivity index (χ3v) is 7.35. The van der Waals surface area contributed by atoms with Crippen molar-refractivity contribution in [2.45, 2.75) is 12.5 Å². The van der Waals surface area contributed by atoms with Crippen molar-refractivity contribution in [1.82, 2.24) is 15.0 Å². The van der Waals surface area contributed by atoms with E-state index in [9.17, 15) is 0 Å². The van der Waals surface area contributed by atoms with Crippen molar-refractivity contribution in [1.29, 1.82) is 0 Å². The molecule has 1 aliphatic rings. The number of pyridine rings is 1. The highest BCUT2D eigenvalue weighted by atomic mass is 35.5. The van der Waals surface area contributed by atoms with Crippen LogP contribution in [0.2, 0.25) is 5.02 Å². The minimum Gasteiger partial charge on any atom is -0.497 e. The summed E-state index contributed by atoms with van der Waals surface area (Å²) in [5.74, 6) is 0.846. The van der Waals surface area contributed by atoms with Gasteiger partial charge in [0.1, 0.15) is 5.75 Å². The molecule has 3 aromatic heterocycles. The van der Waals surface area contributed by atoms with Crippen LogP contribution in [0.25, 0.3) is 22.2 Å². The molecular formula is C26H21ClN4OS. The molecule has 5 nitrogen and oxygen atoms in total. The summed E-state index contributed by atoms with van der Waals surface area (Å²) in [5.41, 5.74) is 6.88. The van der Waals surface area contributed by atoms with Gasteiger partial charge in [0.05, 0.1) is 18.8 Å². The van der Waals surface area contributed by atoms with Crippen LogP contribution >= 0.6 is 22.9 Å². The van der Waals surface area contributed by atoms with E-state index < -0.39 is 0 Å². The summed E-state index contributed by atoms with van der Waals surface area (Å²) < 4.78 is 5.40. The fourth-order valence-electron chi connectivity index (χ4n) is 4.65. The van der Waals surface area contributed by atoms with E-state index in [0.717, 1.165) is 45.6 Å². The number of ether oxygens (including phenoxy) is 1. The first-order chi connectivity index (χ1) is 16.2. The Labute approximate surface area is 200 Å². The van der Waals surface area contributed by atoms with Crippen LogP contribution < -0.4 is 9.64 Å². The molecular weight excluding hydrogens is 452 g/mol. The van der Waals surface area contributed by atoms with Crippen LogP contribution in [-0.4, -0.2) is 28.6 Å². The molecule has 5 aromatic rings. The quantitative estimate of drug-likeness (QED) is 0.324. The van der Waals surface area contributed by atoms with Crippen molar-refractivity contribution in [3.8, 4) is 17.0 Å². The number of rotatable bonds is 4. The summed E-state index contributed by atoms with van der Waals surface area (Å²) >= 11 is 8.02. The number of anilines is 1. The first-order valence-corrected chi connectivity index (χ1v) is 12.0. The number of aromatic amines is 1. The first kappa shape index (κ1) is 20.3. The van der Waals surface area contributed by atoms with E-state index in [2.05, 4.69) is 44.5 Å². The predicted molar refractivity (Wildman–Crippen MR) is 135 cm³/mol. The molecule has 1 aliphatic heterocycles. The minimum absolute atomic E-state index is 0.0160. The van der Waals surface area contributed by atoms with Crippen LogP contribution in [0.1, 0.15) is 22.9 Å². The highest BCUT2D eigenvalue weighted by Crippen LogP contribution is 2.43. The van der Waals surface area contributed by atoms with Gasteiger partial charge in [-0.2, -0.15) is 0 Å². The molecule has 7 heteroatoms. The number of hydrogen-bond acceptors (Lipinski definition) is 5. The van der Waals surface area contributed by atoms with Gasteiger partial charge in [-0.05, 0) is 60.0 Å². The molecule has 1 unspecified atom stereocenters. The number of methoxy groups -OCH3 is 1. The van der Waals surface area contributed by atoms with Crippen molar-refractivity contribution in [2.75, 3.05) is 18.6 Å². The summed E-state index contributed by atoms with van der Waals surface area (Å²) in [6.45, 7) is 0.868. The smallest absolute Gasteiger partial charge is 0.186 e. The van der Waals surface area contributed by atoms with E-state index in [1.165, 1.54) is 22.2 Å². The predicted octanol–water partition coefficient (Wildman–Crippen LogP) is 6.50. The Kier molecular flexibility index (Phi) is 5.04. The fourth-order valence-corrected chi connectivity index (χ4v) is 5.71. The summed E-state index contributed by atoms with van der Waals surface area (Å²) in [5, 5.41) is 5.09. The second kappa shape index (κ2) is 8.21. The highest BCUT2D eigenvalue weighted by Gasteiger charge is 2.33. The van der Waals surface area contributed by atoms with Crippen molar-refractivity contribution >= 4 is 39.0 Å². The second-order valence-corrected chi connectivity index (χ2v) is 9.35. The van der Waals surface area contributed by atoms with Gasteiger partial charge in [0.15, 0.2) is 5.13 Å². The Morgan fingerprint density at radius 1 is 1.09 bits per heavy atom. The molecule has 0 fully saturated rings. The third-order valence-electron chi connectivity index (χ3n) is 6.23. The lowest BCUT2D eigenvalue weighted by molar-refractivity contribution is 0.414. The SMILES string of the molecule is COc1ccc(C2c3[nH]c4ccc(Cl)cc4c3CCN2c2nc(-c3ccncc3)cs2)cc1. The molecule has 164 valence electrons. The highest BCUT2D eigenvalue weighted by molar-refractivity contribution is 7.14. The number of thiazole rings is 1. The van der Waals surface area contributed by atoms with Crippen LogP contribution in [-0.2, 0) is 6.42 Å². The maximum atomic E-state index is 6.34. The zero-order valence-corrected chi connectivity index (χ0v) is 19.5. The van der Waals surface area contributed by atoms with Gasteiger partial charge in [-0.1, -0.05) is 23.7 Å². The van der Waals surface area contributed by atoms with E-state index in [0.29, 0.717) is 0 Å².